The summed E-state index contributed by atoms with van der Waals surface area (Å²) in [4.78, 5) is 10.8. The highest BCUT2D eigenvalue weighted by atomic mass is 16.6. The van der Waals surface area contributed by atoms with Crippen molar-refractivity contribution in [3.05, 3.63) is 52.1 Å². The topological polar surface area (TPSA) is 55.2 Å². The van der Waals surface area contributed by atoms with Crippen LogP contribution >= 0.6 is 0 Å². The third-order valence-electron chi connectivity index (χ3n) is 3.04. The summed E-state index contributed by atoms with van der Waals surface area (Å²) in [5.74, 6) is 0. The molecule has 0 saturated heterocycles. The van der Waals surface area contributed by atoms with Crippen LogP contribution in [-0.4, -0.2) is 11.5 Å². The number of fused-ring (bicyclic) bond motifs is 3. The van der Waals surface area contributed by atoms with E-state index in [0.717, 1.165) is 22.0 Å². The number of hydrogen-bond acceptors (Lipinski definition) is 3. The minimum Gasteiger partial charge on any atom is -0.377 e. The Bertz CT molecular complexity index is 580. The first-order valence-electron chi connectivity index (χ1n) is 5.16. The van der Waals surface area contributed by atoms with Gasteiger partial charge in [-0.25, -0.2) is 0 Å². The molecule has 0 spiro atoms. The Hall–Kier alpha value is -2.10. The smallest absolute Gasteiger partial charge is 0.257 e. The van der Waals surface area contributed by atoms with Gasteiger partial charge < -0.3 is 5.32 Å². The molecule has 1 atom stereocenters. The van der Waals surface area contributed by atoms with Crippen LogP contribution in [0, 0.1) is 10.1 Å². The largest absolute Gasteiger partial charge is 0.377 e. The van der Waals surface area contributed by atoms with Crippen LogP contribution in [0.25, 0.3) is 10.8 Å². The van der Waals surface area contributed by atoms with Crippen LogP contribution < -0.4 is 5.32 Å². The van der Waals surface area contributed by atoms with Crippen molar-refractivity contribution in [3.8, 4) is 0 Å². The Morgan fingerprint density at radius 2 is 2.06 bits per heavy atom. The van der Waals surface area contributed by atoms with E-state index in [-0.39, 0.29) is 4.92 Å². The van der Waals surface area contributed by atoms with Crippen molar-refractivity contribution in [3.63, 3.8) is 0 Å². The zero-order valence-electron chi connectivity index (χ0n) is 8.51. The van der Waals surface area contributed by atoms with Crippen molar-refractivity contribution in [2.75, 3.05) is 11.9 Å². The van der Waals surface area contributed by atoms with Gasteiger partial charge in [0.05, 0.1) is 12.1 Å². The van der Waals surface area contributed by atoms with Gasteiger partial charge >= 0.3 is 0 Å². The van der Waals surface area contributed by atoms with E-state index in [1.165, 1.54) is 0 Å². The summed E-state index contributed by atoms with van der Waals surface area (Å²) in [7, 11) is 0. The van der Waals surface area contributed by atoms with Gasteiger partial charge in [-0.15, -0.1) is 0 Å². The van der Waals surface area contributed by atoms with Crippen molar-refractivity contribution < 1.29 is 4.92 Å². The maximum atomic E-state index is 11.0. The minimum atomic E-state index is -0.624. The average Bonchev–Trinajstić information content (AvgIpc) is 2.73. The molecule has 1 unspecified atom stereocenters. The molecule has 80 valence electrons. The second-order valence-electron chi connectivity index (χ2n) is 3.93. The molecule has 0 amide bonds. The number of hydrogen-bond donors (Lipinski definition) is 1. The summed E-state index contributed by atoms with van der Waals surface area (Å²) in [6, 6.07) is 11.1. The van der Waals surface area contributed by atoms with Gasteiger partial charge in [-0.05, 0) is 16.8 Å². The van der Waals surface area contributed by atoms with Crippen molar-refractivity contribution in [2.45, 2.75) is 6.04 Å². The highest BCUT2D eigenvalue weighted by Crippen LogP contribution is 2.37. The Balaban J connectivity index is 2.33. The number of anilines is 1. The van der Waals surface area contributed by atoms with Gasteiger partial charge in [0.2, 0.25) is 0 Å². The fraction of sp³-hybridized carbons (Fsp3) is 0.167. The van der Waals surface area contributed by atoms with E-state index in [1.54, 1.807) is 0 Å². The zero-order chi connectivity index (χ0) is 11.1. The molecule has 1 N–H and O–H groups in total. The summed E-state index contributed by atoms with van der Waals surface area (Å²) in [6.07, 6.45) is 0. The van der Waals surface area contributed by atoms with Crippen LogP contribution in [0.5, 0.6) is 0 Å². The molecular weight excluding hydrogens is 204 g/mol. The molecule has 16 heavy (non-hydrogen) atoms. The monoisotopic (exact) mass is 214 g/mol. The molecule has 1 aliphatic heterocycles. The lowest BCUT2D eigenvalue weighted by Crippen LogP contribution is -2.12. The molecule has 0 fully saturated rings. The molecule has 0 aliphatic carbocycles. The van der Waals surface area contributed by atoms with Crippen molar-refractivity contribution in [1.29, 1.82) is 0 Å². The Morgan fingerprint density at radius 3 is 2.88 bits per heavy atom. The lowest BCUT2D eigenvalue weighted by molar-refractivity contribution is -0.523. The van der Waals surface area contributed by atoms with Crippen molar-refractivity contribution in [1.82, 2.24) is 0 Å². The Morgan fingerprint density at radius 1 is 1.25 bits per heavy atom. The van der Waals surface area contributed by atoms with Crippen LogP contribution in [0.4, 0.5) is 5.69 Å². The van der Waals surface area contributed by atoms with Crippen LogP contribution in [-0.2, 0) is 0 Å². The average molecular weight is 214 g/mol. The van der Waals surface area contributed by atoms with Gasteiger partial charge in [0, 0.05) is 10.6 Å². The highest BCUT2D eigenvalue weighted by molar-refractivity contribution is 5.91. The van der Waals surface area contributed by atoms with Crippen molar-refractivity contribution >= 4 is 16.5 Å². The third-order valence-corrected chi connectivity index (χ3v) is 3.04. The van der Waals surface area contributed by atoms with E-state index in [0.29, 0.717) is 6.54 Å². The van der Waals surface area contributed by atoms with E-state index in [4.69, 9.17) is 0 Å². The van der Waals surface area contributed by atoms with Gasteiger partial charge in [-0.1, -0.05) is 30.3 Å². The Labute approximate surface area is 92.0 Å². The number of benzene rings is 2. The SMILES string of the molecule is O=[N+]([O-])C1CNc2ccc3ccccc3c21. The molecule has 2 aromatic carbocycles. The first-order chi connectivity index (χ1) is 7.77. The van der Waals surface area contributed by atoms with Crippen LogP contribution in [0.3, 0.4) is 0 Å². The zero-order valence-corrected chi connectivity index (χ0v) is 8.51. The molecule has 2 aromatic rings. The normalized spacial score (nSPS) is 18.1. The highest BCUT2D eigenvalue weighted by Gasteiger charge is 2.32. The summed E-state index contributed by atoms with van der Waals surface area (Å²) in [5.41, 5.74) is 1.71. The van der Waals surface area contributed by atoms with E-state index in [9.17, 15) is 10.1 Å². The van der Waals surface area contributed by atoms with Gasteiger partial charge in [0.1, 0.15) is 0 Å². The van der Waals surface area contributed by atoms with Crippen LogP contribution in [0.15, 0.2) is 36.4 Å². The molecule has 0 saturated carbocycles. The molecule has 0 bridgehead atoms. The maximum Gasteiger partial charge on any atom is 0.257 e. The van der Waals surface area contributed by atoms with Gasteiger partial charge in [0.15, 0.2) is 0 Å². The molecule has 4 heteroatoms. The predicted octanol–water partition coefficient (Wildman–Crippen LogP) is 2.58. The van der Waals surface area contributed by atoms with Gasteiger partial charge in [0.25, 0.3) is 6.04 Å². The Kier molecular flexibility index (Phi) is 1.83. The van der Waals surface area contributed by atoms with Crippen LogP contribution in [0.2, 0.25) is 0 Å². The predicted molar refractivity (Wildman–Crippen MR) is 62.2 cm³/mol. The molecule has 3 rings (SSSR count). The fourth-order valence-electron chi connectivity index (χ4n) is 2.30. The van der Waals surface area contributed by atoms with E-state index in [2.05, 4.69) is 5.32 Å². The van der Waals surface area contributed by atoms with E-state index in [1.807, 2.05) is 36.4 Å². The maximum absolute atomic E-state index is 11.0. The first kappa shape index (κ1) is 9.15. The lowest BCUT2D eigenvalue weighted by atomic mass is 10.00. The quantitative estimate of drug-likeness (QED) is 0.586. The molecule has 0 aromatic heterocycles. The molecule has 0 radical (unpaired) electrons. The second-order valence-corrected chi connectivity index (χ2v) is 3.93. The first-order valence-corrected chi connectivity index (χ1v) is 5.16. The van der Waals surface area contributed by atoms with Crippen molar-refractivity contribution in [2.24, 2.45) is 0 Å². The fourth-order valence-corrected chi connectivity index (χ4v) is 2.30. The number of rotatable bonds is 1. The minimum absolute atomic E-state index is 0.217. The number of nitro groups is 1. The van der Waals surface area contributed by atoms with Gasteiger partial charge in [-0.2, -0.15) is 0 Å². The summed E-state index contributed by atoms with van der Waals surface area (Å²) in [6.45, 7) is 0.385. The lowest BCUT2D eigenvalue weighted by Gasteiger charge is -2.06. The molecule has 1 heterocycles. The van der Waals surface area contributed by atoms with E-state index < -0.39 is 6.04 Å². The van der Waals surface area contributed by atoms with Gasteiger partial charge in [-0.3, -0.25) is 10.1 Å². The van der Waals surface area contributed by atoms with Crippen LogP contribution in [0.1, 0.15) is 11.6 Å². The van der Waals surface area contributed by atoms with E-state index >= 15 is 0 Å². The summed E-state index contributed by atoms with van der Waals surface area (Å²) in [5, 5.41) is 16.1. The number of nitrogens with one attached hydrogen (secondary N) is 1. The second kappa shape index (κ2) is 3.20. The molecular formula is C12H10N2O2. The molecule has 1 aliphatic rings. The standard InChI is InChI=1S/C12H10N2O2/c15-14(16)11-7-13-10-6-5-8-3-1-2-4-9(8)12(10)11/h1-6,11,13H,7H2. The third kappa shape index (κ3) is 1.16. The number of nitrogens with zero attached hydrogens (tertiary/aromatic N) is 1. The molecule has 4 nitrogen and oxygen atoms in total. The summed E-state index contributed by atoms with van der Waals surface area (Å²) >= 11 is 0. The summed E-state index contributed by atoms with van der Waals surface area (Å²) < 4.78 is 0.